The second-order valence-electron chi connectivity index (χ2n) is 2.78. The highest BCUT2D eigenvalue weighted by Crippen LogP contribution is 2.16. The van der Waals surface area contributed by atoms with Crippen LogP contribution in [0.2, 0.25) is 0 Å². The molecule has 1 rings (SSSR count). The molecule has 0 aromatic heterocycles. The van der Waals surface area contributed by atoms with E-state index < -0.39 is 0 Å². The van der Waals surface area contributed by atoms with Crippen LogP contribution < -0.4 is 0 Å². The Morgan fingerprint density at radius 3 is 3.10 bits per heavy atom. The Kier molecular flexibility index (Phi) is 3.52. The molecule has 0 aromatic rings. The molecule has 10 heavy (non-hydrogen) atoms. The summed E-state index contributed by atoms with van der Waals surface area (Å²) in [6.45, 7) is 3.05. The smallest absolute Gasteiger partial charge is 0.0579 e. The molecule has 1 fully saturated rings. The molecular formula is C9H16O. The minimum atomic E-state index is 0.566. The van der Waals surface area contributed by atoms with E-state index in [1.807, 2.05) is 0 Å². The molecule has 1 heteroatoms. The van der Waals surface area contributed by atoms with E-state index in [4.69, 9.17) is 4.74 Å². The minimum absolute atomic E-state index is 0.566. The summed E-state index contributed by atoms with van der Waals surface area (Å²) in [5.41, 5.74) is 0. The SMILES string of the molecule is CC=CCCC1CCCO1. The molecule has 0 aliphatic carbocycles. The maximum atomic E-state index is 5.47. The van der Waals surface area contributed by atoms with Crippen LogP contribution in [0.4, 0.5) is 0 Å². The quantitative estimate of drug-likeness (QED) is 0.547. The van der Waals surface area contributed by atoms with Gasteiger partial charge in [-0.3, -0.25) is 0 Å². The van der Waals surface area contributed by atoms with Gasteiger partial charge in [-0.15, -0.1) is 0 Å². The minimum Gasteiger partial charge on any atom is -0.378 e. The van der Waals surface area contributed by atoms with Crippen molar-refractivity contribution in [2.45, 2.75) is 38.7 Å². The van der Waals surface area contributed by atoms with Crippen LogP contribution in [0.15, 0.2) is 12.2 Å². The molecule has 1 saturated heterocycles. The lowest BCUT2D eigenvalue weighted by Gasteiger charge is -2.05. The van der Waals surface area contributed by atoms with Gasteiger partial charge in [-0.1, -0.05) is 12.2 Å². The average molecular weight is 140 g/mol. The fourth-order valence-corrected chi connectivity index (χ4v) is 1.32. The molecule has 1 aliphatic rings. The van der Waals surface area contributed by atoms with Crippen LogP contribution in [0, 0.1) is 0 Å². The highest BCUT2D eigenvalue weighted by Gasteiger charge is 2.13. The van der Waals surface area contributed by atoms with Gasteiger partial charge in [0.2, 0.25) is 0 Å². The fraction of sp³-hybridized carbons (Fsp3) is 0.778. The first kappa shape index (κ1) is 7.80. The summed E-state index contributed by atoms with van der Waals surface area (Å²) in [6, 6.07) is 0. The van der Waals surface area contributed by atoms with Gasteiger partial charge in [-0.2, -0.15) is 0 Å². The molecule has 1 atom stereocenters. The van der Waals surface area contributed by atoms with E-state index in [2.05, 4.69) is 19.1 Å². The zero-order valence-electron chi connectivity index (χ0n) is 6.68. The molecule has 1 unspecified atom stereocenters. The van der Waals surface area contributed by atoms with Crippen LogP contribution in [0.1, 0.15) is 32.6 Å². The van der Waals surface area contributed by atoms with Crippen molar-refractivity contribution < 1.29 is 4.74 Å². The Hall–Kier alpha value is -0.300. The van der Waals surface area contributed by atoms with Gasteiger partial charge in [0.15, 0.2) is 0 Å². The molecule has 0 bridgehead atoms. The van der Waals surface area contributed by atoms with Crippen LogP contribution in [0.5, 0.6) is 0 Å². The van der Waals surface area contributed by atoms with Crippen molar-refractivity contribution in [3.8, 4) is 0 Å². The summed E-state index contributed by atoms with van der Waals surface area (Å²) >= 11 is 0. The molecule has 1 nitrogen and oxygen atoms in total. The summed E-state index contributed by atoms with van der Waals surface area (Å²) in [5.74, 6) is 0. The molecule has 0 saturated carbocycles. The van der Waals surface area contributed by atoms with E-state index in [0.29, 0.717) is 6.10 Å². The maximum absolute atomic E-state index is 5.47. The van der Waals surface area contributed by atoms with Gasteiger partial charge < -0.3 is 4.74 Å². The van der Waals surface area contributed by atoms with Gasteiger partial charge in [0.25, 0.3) is 0 Å². The first-order valence-corrected chi connectivity index (χ1v) is 4.16. The number of hydrogen-bond donors (Lipinski definition) is 0. The second kappa shape index (κ2) is 4.51. The molecule has 1 aliphatic heterocycles. The van der Waals surface area contributed by atoms with Crippen molar-refractivity contribution >= 4 is 0 Å². The zero-order chi connectivity index (χ0) is 7.23. The summed E-state index contributed by atoms with van der Waals surface area (Å²) in [7, 11) is 0. The molecule has 0 N–H and O–H groups in total. The topological polar surface area (TPSA) is 9.23 Å². The van der Waals surface area contributed by atoms with Crippen molar-refractivity contribution in [2.24, 2.45) is 0 Å². The highest BCUT2D eigenvalue weighted by molar-refractivity contribution is 4.79. The summed E-state index contributed by atoms with van der Waals surface area (Å²) in [4.78, 5) is 0. The predicted octanol–water partition coefficient (Wildman–Crippen LogP) is 2.52. The van der Waals surface area contributed by atoms with Crippen molar-refractivity contribution in [3.05, 3.63) is 12.2 Å². The number of allylic oxidation sites excluding steroid dienone is 2. The monoisotopic (exact) mass is 140 g/mol. The number of ether oxygens (including phenoxy) is 1. The Morgan fingerprint density at radius 2 is 2.50 bits per heavy atom. The van der Waals surface area contributed by atoms with Crippen LogP contribution in [-0.2, 0) is 4.74 Å². The zero-order valence-corrected chi connectivity index (χ0v) is 6.68. The molecule has 0 amide bonds. The summed E-state index contributed by atoms with van der Waals surface area (Å²) < 4.78 is 5.47. The second-order valence-corrected chi connectivity index (χ2v) is 2.78. The number of hydrogen-bond acceptors (Lipinski definition) is 1. The van der Waals surface area contributed by atoms with E-state index in [9.17, 15) is 0 Å². The van der Waals surface area contributed by atoms with E-state index >= 15 is 0 Å². The standard InChI is InChI=1S/C9H16O/c1-2-3-4-6-9-7-5-8-10-9/h2-3,9H,4-8H2,1H3. The van der Waals surface area contributed by atoms with Crippen molar-refractivity contribution in [3.63, 3.8) is 0 Å². The van der Waals surface area contributed by atoms with Gasteiger partial charge in [0.1, 0.15) is 0 Å². The average Bonchev–Trinajstić information content (AvgIpc) is 2.41. The van der Waals surface area contributed by atoms with Crippen molar-refractivity contribution in [2.75, 3.05) is 6.61 Å². The molecule has 0 spiro atoms. The summed E-state index contributed by atoms with van der Waals surface area (Å²) in [5, 5.41) is 0. The normalized spacial score (nSPS) is 26.3. The lowest BCUT2D eigenvalue weighted by atomic mass is 10.1. The first-order chi connectivity index (χ1) is 4.93. The van der Waals surface area contributed by atoms with Crippen LogP contribution in [0.3, 0.4) is 0 Å². The summed E-state index contributed by atoms with van der Waals surface area (Å²) in [6.07, 6.45) is 9.82. The predicted molar refractivity (Wildman–Crippen MR) is 43.0 cm³/mol. The Balaban J connectivity index is 2.01. The molecular weight excluding hydrogens is 124 g/mol. The van der Waals surface area contributed by atoms with Gasteiger partial charge in [-0.05, 0) is 32.6 Å². The highest BCUT2D eigenvalue weighted by atomic mass is 16.5. The van der Waals surface area contributed by atoms with Crippen molar-refractivity contribution in [1.82, 2.24) is 0 Å². The lowest BCUT2D eigenvalue weighted by molar-refractivity contribution is 0.105. The van der Waals surface area contributed by atoms with Crippen LogP contribution in [-0.4, -0.2) is 12.7 Å². The largest absolute Gasteiger partial charge is 0.378 e. The third-order valence-corrected chi connectivity index (χ3v) is 1.92. The first-order valence-electron chi connectivity index (χ1n) is 4.16. The Labute approximate surface area is 63.1 Å². The Morgan fingerprint density at radius 1 is 1.60 bits per heavy atom. The third-order valence-electron chi connectivity index (χ3n) is 1.92. The van der Waals surface area contributed by atoms with Gasteiger partial charge in [0.05, 0.1) is 6.10 Å². The molecule has 0 aromatic carbocycles. The van der Waals surface area contributed by atoms with Gasteiger partial charge >= 0.3 is 0 Å². The van der Waals surface area contributed by atoms with Crippen LogP contribution in [0.25, 0.3) is 0 Å². The van der Waals surface area contributed by atoms with Crippen LogP contribution >= 0.6 is 0 Å². The number of rotatable bonds is 3. The van der Waals surface area contributed by atoms with E-state index in [0.717, 1.165) is 6.61 Å². The molecule has 58 valence electrons. The van der Waals surface area contributed by atoms with Gasteiger partial charge in [0, 0.05) is 6.61 Å². The van der Waals surface area contributed by atoms with Gasteiger partial charge in [-0.25, -0.2) is 0 Å². The van der Waals surface area contributed by atoms with E-state index in [1.165, 1.54) is 25.7 Å². The van der Waals surface area contributed by atoms with Crippen molar-refractivity contribution in [1.29, 1.82) is 0 Å². The Bertz CT molecular complexity index is 101. The van der Waals surface area contributed by atoms with E-state index in [-0.39, 0.29) is 0 Å². The lowest BCUT2D eigenvalue weighted by Crippen LogP contribution is -2.02. The third kappa shape index (κ3) is 2.53. The fourth-order valence-electron chi connectivity index (χ4n) is 1.32. The van der Waals surface area contributed by atoms with E-state index in [1.54, 1.807) is 0 Å². The molecule has 1 heterocycles. The molecule has 0 radical (unpaired) electrons. The maximum Gasteiger partial charge on any atom is 0.0579 e.